The molecule has 0 radical (unpaired) electrons. The molecule has 0 aromatic carbocycles. The quantitative estimate of drug-likeness (QED) is 0.836. The summed E-state index contributed by atoms with van der Waals surface area (Å²) in [6, 6.07) is 0. The van der Waals surface area contributed by atoms with Crippen molar-refractivity contribution in [2.45, 2.75) is 26.2 Å². The summed E-state index contributed by atoms with van der Waals surface area (Å²) in [5.41, 5.74) is 0.981. The number of hydrogen-bond donors (Lipinski definition) is 0. The van der Waals surface area contributed by atoms with Gasteiger partial charge in [-0.1, -0.05) is 19.3 Å². The van der Waals surface area contributed by atoms with Gasteiger partial charge in [0.1, 0.15) is 0 Å². The topological polar surface area (TPSA) is 72.6 Å². The summed E-state index contributed by atoms with van der Waals surface area (Å²) in [4.78, 5) is 23.1. The molecule has 1 atom stereocenters. The molecule has 1 unspecified atom stereocenters. The van der Waals surface area contributed by atoms with Gasteiger partial charge in [0.2, 0.25) is 5.82 Å². The lowest BCUT2D eigenvalue weighted by molar-refractivity contribution is 0.0678. The summed E-state index contributed by atoms with van der Waals surface area (Å²) in [6.07, 6.45) is 7.37. The molecule has 7 nitrogen and oxygen atoms in total. The minimum absolute atomic E-state index is 0.122. The van der Waals surface area contributed by atoms with E-state index in [0.717, 1.165) is 18.7 Å². The van der Waals surface area contributed by atoms with E-state index in [2.05, 4.69) is 15.1 Å². The van der Waals surface area contributed by atoms with Crippen LogP contribution < -0.4 is 0 Å². The maximum absolute atomic E-state index is 12.8. The monoisotopic (exact) mass is 315 g/mol. The summed E-state index contributed by atoms with van der Waals surface area (Å²) < 4.78 is 7.27. The van der Waals surface area contributed by atoms with Crippen LogP contribution in [0.2, 0.25) is 0 Å². The van der Waals surface area contributed by atoms with Crippen molar-refractivity contribution >= 4 is 11.7 Å². The molecule has 2 aromatic rings. The van der Waals surface area contributed by atoms with Gasteiger partial charge in [0.25, 0.3) is 11.7 Å². The minimum atomic E-state index is -0.122. The third kappa shape index (κ3) is 2.81. The molecule has 4 rings (SSSR count). The number of aromatic nitrogens is 4. The van der Waals surface area contributed by atoms with E-state index in [1.54, 1.807) is 10.7 Å². The minimum Gasteiger partial charge on any atom is -0.379 e. The van der Waals surface area contributed by atoms with Crippen LogP contribution in [0, 0.1) is 18.8 Å². The summed E-state index contributed by atoms with van der Waals surface area (Å²) in [5.74, 6) is 1.69. The normalized spacial score (nSPS) is 22.8. The van der Waals surface area contributed by atoms with E-state index >= 15 is 0 Å². The molecular formula is C16H21N5O2. The van der Waals surface area contributed by atoms with E-state index in [1.807, 2.05) is 18.0 Å². The number of carbonyl (C=O) groups is 1. The first-order chi connectivity index (χ1) is 11.2. The smallest absolute Gasteiger partial charge is 0.293 e. The number of fused-ring (bicyclic) bond motifs is 1. The first-order valence-electron chi connectivity index (χ1n) is 8.27. The van der Waals surface area contributed by atoms with E-state index in [9.17, 15) is 4.79 Å². The zero-order valence-corrected chi connectivity index (χ0v) is 13.3. The molecule has 2 aliphatic rings. The second-order valence-electron chi connectivity index (χ2n) is 6.59. The Morgan fingerprint density at radius 3 is 3.00 bits per heavy atom. The number of ether oxygens (including phenoxy) is 1. The maximum Gasteiger partial charge on any atom is 0.293 e. The molecule has 2 aromatic heterocycles. The highest BCUT2D eigenvalue weighted by atomic mass is 16.5. The van der Waals surface area contributed by atoms with Crippen LogP contribution in [-0.2, 0) is 4.74 Å². The molecule has 122 valence electrons. The van der Waals surface area contributed by atoms with Gasteiger partial charge in [-0.2, -0.15) is 4.98 Å². The number of amides is 1. The highest BCUT2D eigenvalue weighted by Gasteiger charge is 2.33. The molecule has 7 heteroatoms. The van der Waals surface area contributed by atoms with Crippen LogP contribution in [0.1, 0.15) is 35.4 Å². The molecular weight excluding hydrogens is 294 g/mol. The van der Waals surface area contributed by atoms with Gasteiger partial charge in [0.15, 0.2) is 0 Å². The van der Waals surface area contributed by atoms with Crippen molar-refractivity contribution in [2.24, 2.45) is 11.8 Å². The van der Waals surface area contributed by atoms with Crippen molar-refractivity contribution < 1.29 is 9.53 Å². The molecule has 0 bridgehead atoms. The Kier molecular flexibility index (Phi) is 3.72. The fraction of sp³-hybridized carbons (Fsp3) is 0.625. The van der Waals surface area contributed by atoms with Crippen molar-refractivity contribution in [3.05, 3.63) is 23.8 Å². The molecule has 1 amide bonds. The van der Waals surface area contributed by atoms with E-state index in [1.165, 1.54) is 19.3 Å². The lowest BCUT2D eigenvalue weighted by Crippen LogP contribution is -2.39. The van der Waals surface area contributed by atoms with Crippen molar-refractivity contribution in [2.75, 3.05) is 26.3 Å². The SMILES string of the molecule is Cc1cnc2nc(C(=O)N3CCOCC(C4CCC4)C3)nn2c1. The predicted molar refractivity (Wildman–Crippen MR) is 83.1 cm³/mol. The average Bonchev–Trinajstić information content (AvgIpc) is 2.75. The third-order valence-electron chi connectivity index (χ3n) is 4.91. The zero-order chi connectivity index (χ0) is 15.8. The molecule has 0 N–H and O–H groups in total. The Labute approximate surface area is 134 Å². The molecule has 1 saturated carbocycles. The Hall–Kier alpha value is -2.02. The van der Waals surface area contributed by atoms with Crippen molar-refractivity contribution in [3.63, 3.8) is 0 Å². The van der Waals surface area contributed by atoms with E-state index in [-0.39, 0.29) is 11.7 Å². The van der Waals surface area contributed by atoms with Gasteiger partial charge in [0, 0.05) is 31.4 Å². The molecule has 1 aliphatic carbocycles. The van der Waals surface area contributed by atoms with Crippen LogP contribution in [0.4, 0.5) is 0 Å². The lowest BCUT2D eigenvalue weighted by Gasteiger charge is -2.34. The average molecular weight is 315 g/mol. The Morgan fingerprint density at radius 1 is 1.35 bits per heavy atom. The summed E-state index contributed by atoms with van der Waals surface area (Å²) in [6.45, 7) is 4.62. The van der Waals surface area contributed by atoms with Gasteiger partial charge in [-0.3, -0.25) is 4.79 Å². The van der Waals surface area contributed by atoms with Crippen molar-refractivity contribution in [1.29, 1.82) is 0 Å². The summed E-state index contributed by atoms with van der Waals surface area (Å²) in [5, 5.41) is 4.29. The van der Waals surface area contributed by atoms with Crippen molar-refractivity contribution in [1.82, 2.24) is 24.5 Å². The van der Waals surface area contributed by atoms with Crippen molar-refractivity contribution in [3.8, 4) is 0 Å². The van der Waals surface area contributed by atoms with Crippen LogP contribution in [0.3, 0.4) is 0 Å². The van der Waals surface area contributed by atoms with Gasteiger partial charge < -0.3 is 9.64 Å². The van der Waals surface area contributed by atoms with E-state index in [0.29, 0.717) is 30.8 Å². The first kappa shape index (κ1) is 14.6. The largest absolute Gasteiger partial charge is 0.379 e. The number of hydrogen-bond acceptors (Lipinski definition) is 5. The molecule has 1 aliphatic heterocycles. The van der Waals surface area contributed by atoms with Gasteiger partial charge in [-0.25, -0.2) is 9.50 Å². The fourth-order valence-electron chi connectivity index (χ4n) is 3.32. The van der Waals surface area contributed by atoms with Crippen LogP contribution in [0.5, 0.6) is 0 Å². The Balaban J connectivity index is 1.55. The van der Waals surface area contributed by atoms with Crippen LogP contribution in [0.15, 0.2) is 12.4 Å². The van der Waals surface area contributed by atoms with E-state index < -0.39 is 0 Å². The number of aryl methyl sites for hydroxylation is 1. The fourth-order valence-corrected chi connectivity index (χ4v) is 3.32. The maximum atomic E-state index is 12.8. The highest BCUT2D eigenvalue weighted by molar-refractivity contribution is 5.90. The highest BCUT2D eigenvalue weighted by Crippen LogP contribution is 2.34. The van der Waals surface area contributed by atoms with Crippen LogP contribution in [0.25, 0.3) is 5.78 Å². The Bertz CT molecular complexity index is 724. The summed E-state index contributed by atoms with van der Waals surface area (Å²) >= 11 is 0. The van der Waals surface area contributed by atoms with E-state index in [4.69, 9.17) is 4.74 Å². The van der Waals surface area contributed by atoms with Crippen LogP contribution in [-0.4, -0.2) is 56.7 Å². The van der Waals surface area contributed by atoms with Gasteiger partial charge in [-0.05, 0) is 18.4 Å². The predicted octanol–water partition coefficient (Wildman–Crippen LogP) is 1.32. The Morgan fingerprint density at radius 2 is 2.22 bits per heavy atom. The molecule has 3 heterocycles. The lowest BCUT2D eigenvalue weighted by atomic mass is 9.76. The third-order valence-corrected chi connectivity index (χ3v) is 4.91. The molecule has 2 fully saturated rings. The number of carbonyl (C=O) groups excluding carboxylic acids is 1. The molecule has 1 saturated heterocycles. The number of rotatable bonds is 2. The second kappa shape index (κ2) is 5.88. The first-order valence-corrected chi connectivity index (χ1v) is 8.27. The summed E-state index contributed by atoms with van der Waals surface area (Å²) in [7, 11) is 0. The standard InChI is InChI=1S/C16H21N5O2/c1-11-7-17-16-18-14(19-21(16)8-11)15(22)20-5-6-23-10-13(9-20)12-3-2-4-12/h7-8,12-13H,2-6,9-10H2,1H3. The van der Waals surface area contributed by atoms with Crippen LogP contribution >= 0.6 is 0 Å². The van der Waals surface area contributed by atoms with Gasteiger partial charge in [-0.15, -0.1) is 5.10 Å². The molecule has 23 heavy (non-hydrogen) atoms. The van der Waals surface area contributed by atoms with Gasteiger partial charge in [0.05, 0.1) is 13.2 Å². The van der Waals surface area contributed by atoms with Gasteiger partial charge >= 0.3 is 0 Å². The second-order valence-corrected chi connectivity index (χ2v) is 6.59. The zero-order valence-electron chi connectivity index (χ0n) is 13.3. The molecule has 0 spiro atoms. The number of nitrogens with zero attached hydrogens (tertiary/aromatic N) is 5.